The minimum atomic E-state index is -0.344. The largest absolute Gasteiger partial charge is 0.467 e. The zero-order valence-corrected chi connectivity index (χ0v) is 16.6. The van der Waals surface area contributed by atoms with Crippen molar-refractivity contribution >= 4 is 29.0 Å². The Hall–Kier alpha value is -3.31. The molecule has 5 nitrogen and oxygen atoms in total. The van der Waals surface area contributed by atoms with E-state index >= 15 is 0 Å². The summed E-state index contributed by atoms with van der Waals surface area (Å²) in [6.45, 7) is 0.589. The molecule has 0 atom stereocenters. The van der Waals surface area contributed by atoms with Crippen LogP contribution in [-0.2, 0) is 22.7 Å². The van der Waals surface area contributed by atoms with Crippen LogP contribution in [0.2, 0.25) is 5.02 Å². The summed E-state index contributed by atoms with van der Waals surface area (Å²) in [6.07, 6.45) is 1.52. The fourth-order valence-electron chi connectivity index (χ4n) is 3.43. The van der Waals surface area contributed by atoms with Gasteiger partial charge in [-0.3, -0.25) is 14.5 Å². The summed E-state index contributed by atoms with van der Waals surface area (Å²) in [6, 6.07) is 20.2. The molecule has 29 heavy (non-hydrogen) atoms. The van der Waals surface area contributed by atoms with Crippen LogP contribution in [0.25, 0.3) is 5.57 Å². The van der Waals surface area contributed by atoms with Crippen LogP contribution in [0.4, 0.5) is 0 Å². The lowest BCUT2D eigenvalue weighted by molar-refractivity contribution is -0.138. The van der Waals surface area contributed by atoms with E-state index in [-0.39, 0.29) is 18.4 Å². The van der Waals surface area contributed by atoms with E-state index in [2.05, 4.69) is 0 Å². The summed E-state index contributed by atoms with van der Waals surface area (Å²) in [5.41, 5.74) is 2.44. The van der Waals surface area contributed by atoms with Crippen molar-refractivity contribution in [2.45, 2.75) is 13.1 Å². The standard InChI is InChI=1S/C23H19ClN2O3/c1-25(14-16-6-3-2-4-7-16)21-20(17-9-11-18(24)12-10-17)22(27)26(23(21)28)15-19-8-5-13-29-19/h2-13H,14-15H2,1H3. The molecule has 0 spiro atoms. The Morgan fingerprint density at radius 1 is 0.931 bits per heavy atom. The molecule has 0 saturated carbocycles. The lowest BCUT2D eigenvalue weighted by Crippen LogP contribution is -2.33. The van der Waals surface area contributed by atoms with Crippen molar-refractivity contribution in [2.75, 3.05) is 7.05 Å². The maximum atomic E-state index is 13.3. The van der Waals surface area contributed by atoms with Gasteiger partial charge in [-0.1, -0.05) is 54.1 Å². The quantitative estimate of drug-likeness (QED) is 0.571. The molecular weight excluding hydrogens is 388 g/mol. The molecule has 1 aromatic heterocycles. The van der Waals surface area contributed by atoms with E-state index in [9.17, 15) is 9.59 Å². The number of carbonyl (C=O) groups excluding carboxylic acids is 2. The third-order valence-electron chi connectivity index (χ3n) is 4.81. The Labute approximate surface area is 173 Å². The van der Waals surface area contributed by atoms with E-state index in [4.69, 9.17) is 16.0 Å². The Bertz CT molecular complexity index is 1060. The van der Waals surface area contributed by atoms with Crippen LogP contribution in [0.3, 0.4) is 0 Å². The number of likely N-dealkylation sites (N-methyl/N-ethyl adjacent to an activating group) is 1. The third-order valence-corrected chi connectivity index (χ3v) is 5.07. The van der Waals surface area contributed by atoms with Crippen LogP contribution in [0, 0.1) is 0 Å². The van der Waals surface area contributed by atoms with Crippen molar-refractivity contribution in [1.29, 1.82) is 0 Å². The van der Waals surface area contributed by atoms with Gasteiger partial charge in [0.2, 0.25) is 0 Å². The minimum absolute atomic E-state index is 0.0877. The highest BCUT2D eigenvalue weighted by molar-refractivity contribution is 6.35. The molecule has 6 heteroatoms. The summed E-state index contributed by atoms with van der Waals surface area (Å²) in [4.78, 5) is 29.5. The number of benzene rings is 2. The molecule has 0 fully saturated rings. The van der Waals surface area contributed by atoms with Gasteiger partial charge < -0.3 is 9.32 Å². The first-order valence-electron chi connectivity index (χ1n) is 9.18. The van der Waals surface area contributed by atoms with Gasteiger partial charge in [0.25, 0.3) is 11.8 Å². The van der Waals surface area contributed by atoms with Crippen LogP contribution in [0.1, 0.15) is 16.9 Å². The Balaban J connectivity index is 1.73. The molecular formula is C23H19ClN2O3. The van der Waals surface area contributed by atoms with Gasteiger partial charge in [-0.25, -0.2) is 0 Å². The molecule has 3 aromatic rings. The van der Waals surface area contributed by atoms with Gasteiger partial charge in [-0.15, -0.1) is 0 Å². The van der Waals surface area contributed by atoms with E-state index in [1.807, 2.05) is 42.3 Å². The SMILES string of the molecule is CN(Cc1ccccc1)C1=C(c2ccc(Cl)cc2)C(=O)N(Cc2ccco2)C1=O. The van der Waals surface area contributed by atoms with Crippen molar-refractivity contribution in [1.82, 2.24) is 9.80 Å². The highest BCUT2D eigenvalue weighted by Crippen LogP contribution is 2.33. The Kier molecular flexibility index (Phi) is 5.23. The van der Waals surface area contributed by atoms with Crippen LogP contribution < -0.4 is 0 Å². The van der Waals surface area contributed by atoms with Gasteiger partial charge in [-0.2, -0.15) is 0 Å². The third kappa shape index (κ3) is 3.82. The zero-order valence-electron chi connectivity index (χ0n) is 15.8. The second-order valence-corrected chi connectivity index (χ2v) is 7.28. The average molecular weight is 407 g/mol. The summed E-state index contributed by atoms with van der Waals surface area (Å²) in [5.74, 6) is -0.132. The molecule has 2 heterocycles. The molecule has 0 saturated heterocycles. The van der Waals surface area contributed by atoms with Gasteiger partial charge in [-0.05, 0) is 35.4 Å². The molecule has 0 unspecified atom stereocenters. The minimum Gasteiger partial charge on any atom is -0.467 e. The molecule has 4 rings (SSSR count). The Morgan fingerprint density at radius 3 is 2.31 bits per heavy atom. The number of nitrogens with zero attached hydrogens (tertiary/aromatic N) is 2. The second-order valence-electron chi connectivity index (χ2n) is 6.85. The average Bonchev–Trinajstić information content (AvgIpc) is 3.32. The van der Waals surface area contributed by atoms with E-state index in [0.29, 0.717) is 34.2 Å². The molecule has 2 amide bonds. The summed E-state index contributed by atoms with van der Waals surface area (Å²) in [5, 5.41) is 0.567. The monoisotopic (exact) mass is 406 g/mol. The topological polar surface area (TPSA) is 53.8 Å². The van der Waals surface area contributed by atoms with Gasteiger partial charge >= 0.3 is 0 Å². The molecule has 1 aliphatic rings. The molecule has 1 aliphatic heterocycles. The number of amides is 2. The van der Waals surface area contributed by atoms with E-state index in [0.717, 1.165) is 5.56 Å². The first kappa shape index (κ1) is 19.0. The maximum absolute atomic E-state index is 13.3. The van der Waals surface area contributed by atoms with Gasteiger partial charge in [0.05, 0.1) is 18.4 Å². The fraction of sp³-hybridized carbons (Fsp3) is 0.130. The number of hydrogen-bond donors (Lipinski definition) is 0. The van der Waals surface area contributed by atoms with E-state index < -0.39 is 0 Å². The van der Waals surface area contributed by atoms with Crippen molar-refractivity contribution in [3.8, 4) is 0 Å². The number of halogens is 1. The number of rotatable bonds is 6. The molecule has 2 aromatic carbocycles. The second kappa shape index (κ2) is 7.97. The number of carbonyl (C=O) groups is 2. The van der Waals surface area contributed by atoms with E-state index in [1.54, 1.807) is 36.4 Å². The predicted octanol–water partition coefficient (Wildman–Crippen LogP) is 4.35. The lowest BCUT2D eigenvalue weighted by Gasteiger charge is -2.21. The number of imide groups is 1. The fourth-order valence-corrected chi connectivity index (χ4v) is 3.56. The molecule has 0 N–H and O–H groups in total. The highest BCUT2D eigenvalue weighted by Gasteiger charge is 2.41. The summed E-state index contributed by atoms with van der Waals surface area (Å²) >= 11 is 6.01. The lowest BCUT2D eigenvalue weighted by atomic mass is 10.0. The molecule has 0 aliphatic carbocycles. The number of hydrogen-bond acceptors (Lipinski definition) is 4. The summed E-state index contributed by atoms with van der Waals surface area (Å²) < 4.78 is 5.34. The van der Waals surface area contributed by atoms with Crippen LogP contribution in [0.15, 0.2) is 83.1 Å². The normalized spacial score (nSPS) is 14.1. The summed E-state index contributed by atoms with van der Waals surface area (Å²) in [7, 11) is 1.82. The van der Waals surface area contributed by atoms with Crippen LogP contribution in [0.5, 0.6) is 0 Å². The molecule has 0 bridgehead atoms. The number of furan rings is 1. The van der Waals surface area contributed by atoms with Crippen molar-refractivity contribution in [3.63, 3.8) is 0 Å². The maximum Gasteiger partial charge on any atom is 0.278 e. The van der Waals surface area contributed by atoms with Gasteiger partial charge in [0, 0.05) is 18.6 Å². The highest BCUT2D eigenvalue weighted by atomic mass is 35.5. The van der Waals surface area contributed by atoms with Gasteiger partial charge in [0.15, 0.2) is 0 Å². The van der Waals surface area contributed by atoms with Crippen molar-refractivity contribution in [2.24, 2.45) is 0 Å². The zero-order chi connectivity index (χ0) is 20.4. The van der Waals surface area contributed by atoms with Crippen molar-refractivity contribution < 1.29 is 14.0 Å². The predicted molar refractivity (Wildman–Crippen MR) is 111 cm³/mol. The van der Waals surface area contributed by atoms with Crippen molar-refractivity contribution in [3.05, 3.63) is 101 Å². The van der Waals surface area contributed by atoms with Gasteiger partial charge in [0.1, 0.15) is 11.5 Å². The van der Waals surface area contributed by atoms with Crippen LogP contribution in [-0.4, -0.2) is 28.7 Å². The molecule has 0 radical (unpaired) electrons. The smallest absolute Gasteiger partial charge is 0.278 e. The first-order valence-corrected chi connectivity index (χ1v) is 9.56. The van der Waals surface area contributed by atoms with Crippen LogP contribution >= 0.6 is 11.6 Å². The Morgan fingerprint density at radius 2 is 1.66 bits per heavy atom. The van der Waals surface area contributed by atoms with E-state index in [1.165, 1.54) is 11.2 Å². The first-order chi connectivity index (χ1) is 14.0. The molecule has 146 valence electrons.